The van der Waals surface area contributed by atoms with E-state index in [1.54, 1.807) is 30.0 Å². The SMILES string of the molecule is COc1ccc(Cl)cc1NC(=S)Nc1cn(C)nc1C. The summed E-state index contributed by atoms with van der Waals surface area (Å²) in [7, 11) is 3.45. The van der Waals surface area contributed by atoms with E-state index in [-0.39, 0.29) is 0 Å². The van der Waals surface area contributed by atoms with E-state index < -0.39 is 0 Å². The molecule has 2 N–H and O–H groups in total. The van der Waals surface area contributed by atoms with E-state index >= 15 is 0 Å². The van der Waals surface area contributed by atoms with Crippen molar-refractivity contribution >= 4 is 40.3 Å². The summed E-state index contributed by atoms with van der Waals surface area (Å²) in [6, 6.07) is 5.29. The van der Waals surface area contributed by atoms with Crippen molar-refractivity contribution in [3.63, 3.8) is 0 Å². The Hall–Kier alpha value is -1.79. The van der Waals surface area contributed by atoms with Gasteiger partial charge in [0.15, 0.2) is 5.11 Å². The van der Waals surface area contributed by atoms with Crippen LogP contribution in [-0.2, 0) is 7.05 Å². The Morgan fingerprint density at radius 1 is 1.35 bits per heavy atom. The average Bonchev–Trinajstić information content (AvgIpc) is 2.68. The molecule has 1 heterocycles. The molecule has 0 unspecified atom stereocenters. The maximum Gasteiger partial charge on any atom is 0.175 e. The van der Waals surface area contributed by atoms with Crippen LogP contribution in [0.4, 0.5) is 11.4 Å². The Morgan fingerprint density at radius 2 is 2.05 bits per heavy atom. The zero-order chi connectivity index (χ0) is 14.7. The summed E-state index contributed by atoms with van der Waals surface area (Å²) in [6.07, 6.45) is 1.86. The number of rotatable bonds is 3. The lowest BCUT2D eigenvalue weighted by Crippen LogP contribution is -2.19. The summed E-state index contributed by atoms with van der Waals surface area (Å²) in [5, 5.41) is 11.4. The summed E-state index contributed by atoms with van der Waals surface area (Å²) in [5.74, 6) is 0.668. The van der Waals surface area contributed by atoms with Gasteiger partial charge in [-0.05, 0) is 37.3 Å². The van der Waals surface area contributed by atoms with Gasteiger partial charge in [-0.25, -0.2) is 0 Å². The molecule has 2 rings (SSSR count). The molecule has 0 radical (unpaired) electrons. The molecule has 1 aromatic carbocycles. The lowest BCUT2D eigenvalue weighted by Gasteiger charge is -2.13. The van der Waals surface area contributed by atoms with Crippen molar-refractivity contribution in [3.8, 4) is 5.75 Å². The van der Waals surface area contributed by atoms with Crippen molar-refractivity contribution in [2.75, 3.05) is 17.7 Å². The molecular weight excluding hydrogens is 296 g/mol. The Bertz CT molecular complexity index is 641. The van der Waals surface area contributed by atoms with Gasteiger partial charge in [0.25, 0.3) is 0 Å². The summed E-state index contributed by atoms with van der Waals surface area (Å²) in [5.41, 5.74) is 2.43. The van der Waals surface area contributed by atoms with Crippen LogP contribution in [0.15, 0.2) is 24.4 Å². The fourth-order valence-electron chi connectivity index (χ4n) is 1.78. The normalized spacial score (nSPS) is 10.2. The van der Waals surface area contributed by atoms with Crippen LogP contribution in [-0.4, -0.2) is 22.0 Å². The molecule has 20 heavy (non-hydrogen) atoms. The molecule has 2 aromatic rings. The van der Waals surface area contributed by atoms with Crippen molar-refractivity contribution in [1.82, 2.24) is 9.78 Å². The first-order chi connectivity index (χ1) is 9.49. The number of hydrogen-bond acceptors (Lipinski definition) is 3. The molecule has 7 heteroatoms. The van der Waals surface area contributed by atoms with E-state index in [4.69, 9.17) is 28.6 Å². The summed E-state index contributed by atoms with van der Waals surface area (Å²) in [6.45, 7) is 1.91. The van der Waals surface area contributed by atoms with Gasteiger partial charge in [0.2, 0.25) is 0 Å². The quantitative estimate of drug-likeness (QED) is 0.853. The Kier molecular flexibility index (Phi) is 4.46. The van der Waals surface area contributed by atoms with Crippen molar-refractivity contribution in [3.05, 3.63) is 35.1 Å². The van der Waals surface area contributed by atoms with Crippen molar-refractivity contribution in [2.24, 2.45) is 7.05 Å². The third kappa shape index (κ3) is 3.40. The van der Waals surface area contributed by atoms with Crippen molar-refractivity contribution in [2.45, 2.75) is 6.92 Å². The number of benzene rings is 1. The first-order valence-electron chi connectivity index (χ1n) is 5.91. The topological polar surface area (TPSA) is 51.1 Å². The third-order valence-corrected chi connectivity index (χ3v) is 3.11. The molecule has 0 saturated carbocycles. The van der Waals surface area contributed by atoms with Crippen LogP contribution in [0.25, 0.3) is 0 Å². The van der Waals surface area contributed by atoms with Crippen LogP contribution in [0.1, 0.15) is 5.69 Å². The minimum absolute atomic E-state index is 0.446. The minimum atomic E-state index is 0.446. The average molecular weight is 311 g/mol. The lowest BCUT2D eigenvalue weighted by atomic mass is 10.3. The van der Waals surface area contributed by atoms with Gasteiger partial charge in [-0.15, -0.1) is 0 Å². The first-order valence-corrected chi connectivity index (χ1v) is 6.70. The van der Waals surface area contributed by atoms with Crippen LogP contribution >= 0.6 is 23.8 Å². The smallest absolute Gasteiger partial charge is 0.175 e. The number of nitrogens with one attached hydrogen (secondary N) is 2. The number of anilines is 2. The lowest BCUT2D eigenvalue weighted by molar-refractivity contribution is 0.417. The van der Waals surface area contributed by atoms with E-state index in [2.05, 4.69) is 15.7 Å². The molecule has 0 saturated heterocycles. The summed E-state index contributed by atoms with van der Waals surface area (Å²) in [4.78, 5) is 0. The fraction of sp³-hybridized carbons (Fsp3) is 0.231. The van der Waals surface area contributed by atoms with Crippen LogP contribution in [0.5, 0.6) is 5.75 Å². The van der Waals surface area contributed by atoms with E-state index in [0.29, 0.717) is 21.6 Å². The fourth-order valence-corrected chi connectivity index (χ4v) is 2.17. The van der Waals surface area contributed by atoms with Gasteiger partial charge in [0.05, 0.1) is 24.2 Å². The maximum absolute atomic E-state index is 5.97. The zero-order valence-corrected chi connectivity index (χ0v) is 13.0. The molecule has 0 fully saturated rings. The Labute approximate surface area is 127 Å². The van der Waals surface area contributed by atoms with E-state index in [9.17, 15) is 0 Å². The van der Waals surface area contributed by atoms with E-state index in [0.717, 1.165) is 11.4 Å². The van der Waals surface area contributed by atoms with Gasteiger partial charge in [0, 0.05) is 18.3 Å². The molecule has 106 valence electrons. The van der Waals surface area contributed by atoms with Crippen LogP contribution in [0, 0.1) is 6.92 Å². The second kappa shape index (κ2) is 6.11. The number of aryl methyl sites for hydroxylation is 2. The molecule has 0 bridgehead atoms. The molecular formula is C13H15ClN4OS. The summed E-state index contributed by atoms with van der Waals surface area (Å²) >= 11 is 11.3. The van der Waals surface area contributed by atoms with Gasteiger partial charge in [-0.3, -0.25) is 4.68 Å². The molecule has 1 aromatic heterocycles. The molecule has 0 spiro atoms. The number of aromatic nitrogens is 2. The predicted octanol–water partition coefficient (Wildman–Crippen LogP) is 3.20. The highest BCUT2D eigenvalue weighted by molar-refractivity contribution is 7.80. The number of ether oxygens (including phenoxy) is 1. The van der Waals surface area contributed by atoms with Gasteiger partial charge in [0.1, 0.15) is 5.75 Å². The first kappa shape index (κ1) is 14.6. The number of methoxy groups -OCH3 is 1. The highest BCUT2D eigenvalue weighted by atomic mass is 35.5. The third-order valence-electron chi connectivity index (χ3n) is 2.67. The van der Waals surface area contributed by atoms with Crippen molar-refractivity contribution < 1.29 is 4.74 Å². The summed E-state index contributed by atoms with van der Waals surface area (Å²) < 4.78 is 6.98. The number of hydrogen-bond donors (Lipinski definition) is 2. The van der Waals surface area contributed by atoms with Crippen molar-refractivity contribution in [1.29, 1.82) is 0 Å². The van der Waals surface area contributed by atoms with Crippen LogP contribution in [0.2, 0.25) is 5.02 Å². The molecule has 0 aliphatic carbocycles. The monoisotopic (exact) mass is 310 g/mol. The van der Waals surface area contributed by atoms with E-state index in [1.807, 2.05) is 20.2 Å². The highest BCUT2D eigenvalue weighted by Crippen LogP contribution is 2.27. The van der Waals surface area contributed by atoms with Gasteiger partial charge in [-0.1, -0.05) is 11.6 Å². The van der Waals surface area contributed by atoms with Gasteiger partial charge >= 0.3 is 0 Å². The van der Waals surface area contributed by atoms with E-state index in [1.165, 1.54) is 0 Å². The highest BCUT2D eigenvalue weighted by Gasteiger charge is 2.08. The number of halogens is 1. The largest absolute Gasteiger partial charge is 0.495 e. The molecule has 0 atom stereocenters. The van der Waals surface area contributed by atoms with Crippen LogP contribution < -0.4 is 15.4 Å². The second-order valence-corrected chi connectivity index (χ2v) is 5.07. The molecule has 0 aliphatic rings. The molecule has 5 nitrogen and oxygen atoms in total. The van der Waals surface area contributed by atoms with Gasteiger partial charge < -0.3 is 15.4 Å². The van der Waals surface area contributed by atoms with Crippen LogP contribution in [0.3, 0.4) is 0 Å². The number of nitrogens with zero attached hydrogens (tertiary/aromatic N) is 2. The minimum Gasteiger partial charge on any atom is -0.495 e. The predicted molar refractivity (Wildman–Crippen MR) is 85.8 cm³/mol. The zero-order valence-electron chi connectivity index (χ0n) is 11.4. The number of thiocarbonyl (C=S) groups is 1. The Morgan fingerprint density at radius 3 is 2.65 bits per heavy atom. The second-order valence-electron chi connectivity index (χ2n) is 4.23. The maximum atomic E-state index is 5.97. The Balaban J connectivity index is 2.12. The standard InChI is InChI=1S/C13H15ClN4OS/c1-8-11(7-18(2)17-8)16-13(20)15-10-6-9(14)4-5-12(10)19-3/h4-7H,1-3H3,(H2,15,16,20). The van der Waals surface area contributed by atoms with Gasteiger partial charge in [-0.2, -0.15) is 5.10 Å². The molecule has 0 aliphatic heterocycles. The molecule has 0 amide bonds.